The van der Waals surface area contributed by atoms with Crippen LogP contribution in [0.5, 0.6) is 0 Å². The molecule has 0 saturated heterocycles. The van der Waals surface area contributed by atoms with Gasteiger partial charge in [-0.3, -0.25) is 0 Å². The number of nitrogens with zero attached hydrogens (tertiary/aromatic N) is 4. The number of tetrazole rings is 1. The highest BCUT2D eigenvalue weighted by atomic mass is 32.2. The lowest BCUT2D eigenvalue weighted by Gasteiger charge is -2.04. The van der Waals surface area contributed by atoms with E-state index in [9.17, 15) is 0 Å². The molecule has 0 bridgehead atoms. The van der Waals surface area contributed by atoms with Crippen LogP contribution in [0.3, 0.4) is 0 Å². The molecule has 0 radical (unpaired) electrons. The highest BCUT2D eigenvalue weighted by Crippen LogP contribution is 2.12. The highest BCUT2D eigenvalue weighted by Gasteiger charge is 2.01. The fraction of sp³-hybridized carbons (Fsp3) is 0.462. The van der Waals surface area contributed by atoms with Gasteiger partial charge >= 0.3 is 0 Å². The zero-order chi connectivity index (χ0) is 13.3. The average molecular weight is 277 g/mol. The summed E-state index contributed by atoms with van der Waals surface area (Å²) < 4.78 is 1.70. The molecular formula is C13H19N5S. The predicted octanol–water partition coefficient (Wildman–Crippen LogP) is 1.52. The monoisotopic (exact) mass is 277 g/mol. The Bertz CT molecular complexity index is 471. The van der Waals surface area contributed by atoms with Crippen molar-refractivity contribution < 1.29 is 0 Å². The minimum absolute atomic E-state index is 0.879. The summed E-state index contributed by atoms with van der Waals surface area (Å²) in [5.41, 5.74) is 1.38. The zero-order valence-corrected chi connectivity index (χ0v) is 11.9. The molecule has 2 aromatic rings. The second kappa shape index (κ2) is 7.91. The van der Waals surface area contributed by atoms with Gasteiger partial charge in [0.05, 0.1) is 0 Å². The molecule has 102 valence electrons. The van der Waals surface area contributed by atoms with Crippen LogP contribution in [0.2, 0.25) is 0 Å². The van der Waals surface area contributed by atoms with Gasteiger partial charge < -0.3 is 5.32 Å². The molecule has 6 heteroatoms. The van der Waals surface area contributed by atoms with E-state index < -0.39 is 0 Å². The molecule has 5 nitrogen and oxygen atoms in total. The summed E-state index contributed by atoms with van der Waals surface area (Å²) in [5, 5.41) is 15.7. The van der Waals surface area contributed by atoms with Crippen LogP contribution >= 0.6 is 11.8 Å². The second-order valence-electron chi connectivity index (χ2n) is 4.27. The Labute approximate surface area is 117 Å². The number of thioether (sulfide) groups is 1. The van der Waals surface area contributed by atoms with Gasteiger partial charge in [-0.2, -0.15) is 0 Å². The van der Waals surface area contributed by atoms with Crippen LogP contribution in [-0.4, -0.2) is 39.0 Å². The van der Waals surface area contributed by atoms with E-state index in [1.807, 2.05) is 7.05 Å². The molecule has 2 rings (SSSR count). The van der Waals surface area contributed by atoms with Gasteiger partial charge in [-0.25, -0.2) is 4.68 Å². The van der Waals surface area contributed by atoms with Crippen molar-refractivity contribution in [1.82, 2.24) is 25.5 Å². The van der Waals surface area contributed by atoms with Gasteiger partial charge in [0.25, 0.3) is 0 Å². The highest BCUT2D eigenvalue weighted by molar-refractivity contribution is 7.99. The first-order valence-electron chi connectivity index (χ1n) is 6.46. The molecule has 1 aromatic carbocycles. The van der Waals surface area contributed by atoms with Gasteiger partial charge in [-0.1, -0.05) is 42.1 Å². The molecule has 0 amide bonds. The molecule has 1 aromatic heterocycles. The lowest BCUT2D eigenvalue weighted by atomic mass is 10.1. The summed E-state index contributed by atoms with van der Waals surface area (Å²) in [6.45, 7) is 2.06. The van der Waals surface area contributed by atoms with Crippen LogP contribution in [0.25, 0.3) is 0 Å². The van der Waals surface area contributed by atoms with Crippen molar-refractivity contribution in [3.05, 3.63) is 35.9 Å². The van der Waals surface area contributed by atoms with Gasteiger partial charge in [0, 0.05) is 12.8 Å². The van der Waals surface area contributed by atoms with Crippen molar-refractivity contribution in [3.8, 4) is 0 Å². The van der Waals surface area contributed by atoms with Crippen LogP contribution in [0.15, 0.2) is 35.5 Å². The van der Waals surface area contributed by atoms with E-state index in [1.54, 1.807) is 16.4 Å². The molecule has 0 aliphatic rings. The van der Waals surface area contributed by atoms with E-state index in [1.165, 1.54) is 5.56 Å². The lowest BCUT2D eigenvalue weighted by Crippen LogP contribution is -2.19. The number of benzene rings is 1. The third-order valence-corrected chi connectivity index (χ3v) is 3.84. The van der Waals surface area contributed by atoms with Crippen molar-refractivity contribution in [2.45, 2.75) is 18.0 Å². The quantitative estimate of drug-likeness (QED) is 0.586. The molecule has 19 heavy (non-hydrogen) atoms. The molecule has 0 aliphatic carbocycles. The number of aromatic nitrogens is 4. The number of hydrogen-bond acceptors (Lipinski definition) is 5. The van der Waals surface area contributed by atoms with Gasteiger partial charge in [-0.05, 0) is 41.9 Å². The minimum atomic E-state index is 0.879. The molecule has 1 N–H and O–H groups in total. The summed E-state index contributed by atoms with van der Waals surface area (Å²) >= 11 is 1.69. The third-order valence-electron chi connectivity index (χ3n) is 2.74. The Morgan fingerprint density at radius 2 is 2.05 bits per heavy atom. The fourth-order valence-corrected chi connectivity index (χ4v) is 2.50. The van der Waals surface area contributed by atoms with Crippen molar-refractivity contribution >= 4 is 11.8 Å². The van der Waals surface area contributed by atoms with E-state index in [4.69, 9.17) is 0 Å². The second-order valence-corrected chi connectivity index (χ2v) is 5.33. The first kappa shape index (κ1) is 14.0. The third kappa shape index (κ3) is 5.00. The number of nitrogens with one attached hydrogen (secondary N) is 1. The van der Waals surface area contributed by atoms with Crippen LogP contribution in [0.1, 0.15) is 12.0 Å². The largest absolute Gasteiger partial charge is 0.316 e. The molecule has 0 aliphatic heterocycles. The van der Waals surface area contributed by atoms with E-state index in [2.05, 4.69) is 51.2 Å². The summed E-state index contributed by atoms with van der Waals surface area (Å²) in [6.07, 6.45) is 2.20. The molecule has 0 spiro atoms. The Morgan fingerprint density at radius 3 is 2.79 bits per heavy atom. The normalized spacial score (nSPS) is 10.8. The SMILES string of the molecule is Cn1nnnc1SCCCNCCc1ccccc1. The van der Waals surface area contributed by atoms with Gasteiger partial charge in [0.2, 0.25) is 5.16 Å². The molecule has 0 unspecified atom stereocenters. The van der Waals surface area contributed by atoms with Gasteiger partial charge in [0.1, 0.15) is 0 Å². The average Bonchev–Trinajstić information content (AvgIpc) is 2.84. The van der Waals surface area contributed by atoms with Gasteiger partial charge in [0.15, 0.2) is 0 Å². The Hall–Kier alpha value is -1.40. The zero-order valence-electron chi connectivity index (χ0n) is 11.1. The minimum Gasteiger partial charge on any atom is -0.316 e. The van der Waals surface area contributed by atoms with Crippen LogP contribution in [0.4, 0.5) is 0 Å². The maximum absolute atomic E-state index is 3.93. The lowest BCUT2D eigenvalue weighted by molar-refractivity contribution is 0.660. The topological polar surface area (TPSA) is 55.6 Å². The summed E-state index contributed by atoms with van der Waals surface area (Å²) in [7, 11) is 1.86. The molecule has 0 saturated carbocycles. The standard InChI is InChI=1S/C13H19N5S/c1-18-13(15-16-17-18)19-11-5-9-14-10-8-12-6-3-2-4-7-12/h2-4,6-7,14H,5,8-11H2,1H3. The fourth-order valence-electron chi connectivity index (χ4n) is 1.71. The van der Waals surface area contributed by atoms with E-state index in [0.717, 1.165) is 36.8 Å². The summed E-state index contributed by atoms with van der Waals surface area (Å²) in [4.78, 5) is 0. The van der Waals surface area contributed by atoms with Crippen molar-refractivity contribution in [3.63, 3.8) is 0 Å². The molecule has 0 fully saturated rings. The van der Waals surface area contributed by atoms with Crippen molar-refractivity contribution in [2.24, 2.45) is 7.05 Å². The molecular weight excluding hydrogens is 258 g/mol. The van der Waals surface area contributed by atoms with E-state index in [-0.39, 0.29) is 0 Å². The summed E-state index contributed by atoms with van der Waals surface area (Å²) in [5.74, 6) is 1.03. The summed E-state index contributed by atoms with van der Waals surface area (Å²) in [6, 6.07) is 10.6. The molecule has 0 atom stereocenters. The van der Waals surface area contributed by atoms with Crippen LogP contribution in [-0.2, 0) is 13.5 Å². The Morgan fingerprint density at radius 1 is 1.21 bits per heavy atom. The van der Waals surface area contributed by atoms with Gasteiger partial charge in [-0.15, -0.1) is 5.10 Å². The van der Waals surface area contributed by atoms with Crippen molar-refractivity contribution in [2.75, 3.05) is 18.8 Å². The Balaban J connectivity index is 1.50. The van der Waals surface area contributed by atoms with Crippen LogP contribution in [0, 0.1) is 0 Å². The number of hydrogen-bond donors (Lipinski definition) is 1. The maximum atomic E-state index is 3.93. The first-order chi connectivity index (χ1) is 9.36. The smallest absolute Gasteiger partial charge is 0.209 e. The van der Waals surface area contributed by atoms with E-state index >= 15 is 0 Å². The number of rotatable bonds is 8. The van der Waals surface area contributed by atoms with Crippen LogP contribution < -0.4 is 5.32 Å². The maximum Gasteiger partial charge on any atom is 0.209 e. The molecule has 1 heterocycles. The van der Waals surface area contributed by atoms with Crippen molar-refractivity contribution in [1.29, 1.82) is 0 Å². The number of aryl methyl sites for hydroxylation is 1. The first-order valence-corrected chi connectivity index (χ1v) is 7.44. The predicted molar refractivity (Wildman–Crippen MR) is 77.2 cm³/mol. The van der Waals surface area contributed by atoms with E-state index in [0.29, 0.717) is 0 Å². The Kier molecular flexibility index (Phi) is 5.84.